The zero-order chi connectivity index (χ0) is 23.1. The number of sulfone groups is 1. The summed E-state index contributed by atoms with van der Waals surface area (Å²) in [5.74, 6) is 1.89. The van der Waals surface area contributed by atoms with Gasteiger partial charge in [0.25, 0.3) is 0 Å². The van der Waals surface area contributed by atoms with Crippen LogP contribution in [0.3, 0.4) is 0 Å². The van der Waals surface area contributed by atoms with Gasteiger partial charge in [-0.1, -0.05) is 25.1 Å². The summed E-state index contributed by atoms with van der Waals surface area (Å²) in [5, 5.41) is 10.7. The van der Waals surface area contributed by atoms with Gasteiger partial charge in [-0.2, -0.15) is 0 Å². The molecular formula is C25H35NO5S. The Hall–Kier alpha value is -2.09. The SMILES string of the molecule is CCCOc1ccc(CN(CC(O)COc2ccc(C)c(C)c2)C2CCS(=O)(=O)C2)cc1. The Balaban J connectivity index is 1.63. The van der Waals surface area contributed by atoms with Gasteiger partial charge in [-0.15, -0.1) is 0 Å². The highest BCUT2D eigenvalue weighted by atomic mass is 32.2. The second kappa shape index (κ2) is 11.2. The van der Waals surface area contributed by atoms with Crippen molar-refractivity contribution in [2.45, 2.75) is 52.3 Å². The van der Waals surface area contributed by atoms with Crippen LogP contribution in [0.2, 0.25) is 0 Å². The molecule has 176 valence electrons. The molecule has 2 aromatic rings. The summed E-state index contributed by atoms with van der Waals surface area (Å²) in [5.41, 5.74) is 3.39. The van der Waals surface area contributed by atoms with Crippen LogP contribution in [0.5, 0.6) is 11.5 Å². The van der Waals surface area contributed by atoms with E-state index in [9.17, 15) is 13.5 Å². The highest BCUT2D eigenvalue weighted by molar-refractivity contribution is 7.91. The van der Waals surface area contributed by atoms with Crippen molar-refractivity contribution < 1.29 is 23.0 Å². The molecule has 2 atom stereocenters. The van der Waals surface area contributed by atoms with E-state index in [2.05, 4.69) is 11.8 Å². The number of aryl methyl sites for hydroxylation is 2. The Morgan fingerprint density at radius 3 is 2.41 bits per heavy atom. The molecule has 1 saturated heterocycles. The summed E-state index contributed by atoms with van der Waals surface area (Å²) in [6, 6.07) is 13.6. The van der Waals surface area contributed by atoms with Crippen LogP contribution >= 0.6 is 0 Å². The molecule has 0 aliphatic carbocycles. The van der Waals surface area contributed by atoms with E-state index in [0.29, 0.717) is 26.1 Å². The Kier molecular flexibility index (Phi) is 8.57. The number of benzene rings is 2. The second-order valence-electron chi connectivity index (χ2n) is 8.69. The lowest BCUT2D eigenvalue weighted by Crippen LogP contribution is -2.42. The van der Waals surface area contributed by atoms with Crippen molar-refractivity contribution in [1.29, 1.82) is 0 Å². The van der Waals surface area contributed by atoms with Gasteiger partial charge in [-0.3, -0.25) is 4.90 Å². The number of hydrogen-bond donors (Lipinski definition) is 1. The Bertz CT molecular complexity index is 974. The van der Waals surface area contributed by atoms with Crippen LogP contribution in [0.15, 0.2) is 42.5 Å². The highest BCUT2D eigenvalue weighted by Gasteiger charge is 2.33. The van der Waals surface area contributed by atoms with Crippen LogP contribution in [0, 0.1) is 13.8 Å². The maximum Gasteiger partial charge on any atom is 0.151 e. The van der Waals surface area contributed by atoms with Crippen LogP contribution in [-0.2, 0) is 16.4 Å². The number of ether oxygens (including phenoxy) is 2. The zero-order valence-electron chi connectivity index (χ0n) is 19.3. The molecule has 1 aliphatic heterocycles. The highest BCUT2D eigenvalue weighted by Crippen LogP contribution is 2.22. The minimum atomic E-state index is -3.02. The third-order valence-electron chi connectivity index (χ3n) is 5.87. The molecule has 0 amide bonds. The van der Waals surface area contributed by atoms with Crippen LogP contribution in [-0.4, -0.2) is 61.8 Å². The fourth-order valence-corrected chi connectivity index (χ4v) is 5.63. The third-order valence-corrected chi connectivity index (χ3v) is 7.62. The van der Waals surface area contributed by atoms with Gasteiger partial charge < -0.3 is 14.6 Å². The molecule has 7 heteroatoms. The molecule has 2 aromatic carbocycles. The van der Waals surface area contributed by atoms with E-state index in [0.717, 1.165) is 29.0 Å². The molecule has 2 unspecified atom stereocenters. The quantitative estimate of drug-likeness (QED) is 0.552. The topological polar surface area (TPSA) is 76.1 Å². The van der Waals surface area contributed by atoms with Crippen molar-refractivity contribution in [3.05, 3.63) is 59.2 Å². The molecule has 1 N–H and O–H groups in total. The molecule has 1 aliphatic rings. The van der Waals surface area contributed by atoms with Gasteiger partial charge in [0.15, 0.2) is 9.84 Å². The molecule has 1 fully saturated rings. The lowest BCUT2D eigenvalue weighted by molar-refractivity contribution is 0.0524. The first-order chi connectivity index (χ1) is 15.3. The predicted octanol–water partition coefficient (Wildman–Crippen LogP) is 3.52. The zero-order valence-corrected chi connectivity index (χ0v) is 20.1. The molecule has 0 aromatic heterocycles. The van der Waals surface area contributed by atoms with Gasteiger partial charge in [0.1, 0.15) is 24.2 Å². The van der Waals surface area contributed by atoms with Crippen molar-refractivity contribution in [2.24, 2.45) is 0 Å². The fourth-order valence-electron chi connectivity index (χ4n) is 3.87. The lowest BCUT2D eigenvalue weighted by atomic mass is 10.1. The summed E-state index contributed by atoms with van der Waals surface area (Å²) < 4.78 is 35.6. The first kappa shape index (κ1) is 24.6. The third kappa shape index (κ3) is 7.22. The molecule has 32 heavy (non-hydrogen) atoms. The first-order valence-corrected chi connectivity index (χ1v) is 13.1. The van der Waals surface area contributed by atoms with Crippen molar-refractivity contribution >= 4 is 9.84 Å². The molecule has 1 heterocycles. The molecule has 0 bridgehead atoms. The van der Waals surface area contributed by atoms with Crippen LogP contribution < -0.4 is 9.47 Å². The summed E-state index contributed by atoms with van der Waals surface area (Å²) in [4.78, 5) is 2.07. The maximum absolute atomic E-state index is 12.1. The molecule has 0 saturated carbocycles. The maximum atomic E-state index is 12.1. The van der Waals surface area contributed by atoms with E-state index in [-0.39, 0.29) is 24.2 Å². The summed E-state index contributed by atoms with van der Waals surface area (Å²) in [6.07, 6.45) is 0.811. The van der Waals surface area contributed by atoms with Gasteiger partial charge in [-0.25, -0.2) is 8.42 Å². The number of aliphatic hydroxyl groups excluding tert-OH is 1. The van der Waals surface area contributed by atoms with E-state index in [1.165, 1.54) is 5.56 Å². The molecule has 0 radical (unpaired) electrons. The van der Waals surface area contributed by atoms with Gasteiger partial charge in [0, 0.05) is 19.1 Å². The molecule has 0 spiro atoms. The summed E-state index contributed by atoms with van der Waals surface area (Å²) in [6.45, 7) is 7.88. The molecule has 6 nitrogen and oxygen atoms in total. The van der Waals surface area contributed by atoms with E-state index < -0.39 is 15.9 Å². The Morgan fingerprint density at radius 1 is 1.06 bits per heavy atom. The summed E-state index contributed by atoms with van der Waals surface area (Å²) in [7, 11) is -3.02. The molecule has 3 rings (SSSR count). The van der Waals surface area contributed by atoms with E-state index in [4.69, 9.17) is 9.47 Å². The average molecular weight is 462 g/mol. The second-order valence-corrected chi connectivity index (χ2v) is 10.9. The number of rotatable bonds is 11. The normalized spacial score (nSPS) is 18.6. The van der Waals surface area contributed by atoms with Gasteiger partial charge >= 0.3 is 0 Å². The average Bonchev–Trinajstić information content (AvgIpc) is 3.13. The minimum Gasteiger partial charge on any atom is -0.494 e. The lowest BCUT2D eigenvalue weighted by Gasteiger charge is -2.30. The van der Waals surface area contributed by atoms with Crippen molar-refractivity contribution in [1.82, 2.24) is 4.90 Å². The number of nitrogens with zero attached hydrogens (tertiary/aromatic N) is 1. The van der Waals surface area contributed by atoms with Crippen molar-refractivity contribution in [2.75, 3.05) is 31.3 Å². The van der Waals surface area contributed by atoms with Gasteiger partial charge in [0.05, 0.1) is 18.1 Å². The fraction of sp³-hybridized carbons (Fsp3) is 0.520. The Labute approximate surface area is 192 Å². The largest absolute Gasteiger partial charge is 0.494 e. The van der Waals surface area contributed by atoms with Crippen LogP contribution in [0.1, 0.15) is 36.5 Å². The summed E-state index contributed by atoms with van der Waals surface area (Å²) >= 11 is 0. The van der Waals surface area contributed by atoms with E-state index in [1.807, 2.05) is 56.3 Å². The Morgan fingerprint density at radius 2 is 1.78 bits per heavy atom. The minimum absolute atomic E-state index is 0.104. The van der Waals surface area contributed by atoms with Crippen molar-refractivity contribution in [3.8, 4) is 11.5 Å². The first-order valence-electron chi connectivity index (χ1n) is 11.3. The predicted molar refractivity (Wildman–Crippen MR) is 127 cm³/mol. The van der Waals surface area contributed by atoms with E-state index in [1.54, 1.807) is 0 Å². The van der Waals surface area contributed by atoms with Crippen LogP contribution in [0.4, 0.5) is 0 Å². The molecular weight excluding hydrogens is 426 g/mol. The number of hydrogen-bond acceptors (Lipinski definition) is 6. The standard InChI is InChI=1S/C25H35NO5S/c1-4-12-30-24-9-6-21(7-10-24)15-26(22-11-13-32(28,29)18-22)16-23(27)17-31-25-8-5-19(2)20(3)14-25/h5-10,14,22-23,27H,4,11-13,15-18H2,1-3H3. The van der Waals surface area contributed by atoms with Crippen molar-refractivity contribution in [3.63, 3.8) is 0 Å². The van der Waals surface area contributed by atoms with Gasteiger partial charge in [-0.05, 0) is 67.6 Å². The number of aliphatic hydroxyl groups is 1. The smallest absolute Gasteiger partial charge is 0.151 e. The van der Waals surface area contributed by atoms with E-state index >= 15 is 0 Å². The van der Waals surface area contributed by atoms with Gasteiger partial charge in [0.2, 0.25) is 0 Å². The van der Waals surface area contributed by atoms with Crippen LogP contribution in [0.25, 0.3) is 0 Å². The monoisotopic (exact) mass is 461 g/mol.